The largest absolute Gasteiger partial charge is 0.494 e. The van der Waals surface area contributed by atoms with E-state index in [9.17, 15) is 18.0 Å². The summed E-state index contributed by atoms with van der Waals surface area (Å²) in [6.07, 6.45) is 5.27. The first-order chi connectivity index (χ1) is 15.7. The molecule has 5 rings (SSSR count). The van der Waals surface area contributed by atoms with Gasteiger partial charge in [0, 0.05) is 40.4 Å². The number of methoxy groups -OCH3 is 2. The number of fused-ring (bicyclic) bond motifs is 2. The van der Waals surface area contributed by atoms with E-state index in [2.05, 4.69) is 0 Å². The molecule has 1 unspecified atom stereocenters. The minimum atomic E-state index is -3.50. The van der Waals surface area contributed by atoms with E-state index in [4.69, 9.17) is 13.7 Å². The van der Waals surface area contributed by atoms with Gasteiger partial charge in [0.15, 0.2) is 5.75 Å². The van der Waals surface area contributed by atoms with E-state index >= 15 is 0 Å². The Kier molecular flexibility index (Phi) is 5.34. The van der Waals surface area contributed by atoms with Crippen molar-refractivity contribution in [3.63, 3.8) is 0 Å². The molecule has 1 fully saturated rings. The summed E-state index contributed by atoms with van der Waals surface area (Å²) < 4.78 is 40.7. The summed E-state index contributed by atoms with van der Waals surface area (Å²) >= 11 is 1.57. The zero-order chi connectivity index (χ0) is 23.5. The molecule has 0 N–H and O–H groups in total. The van der Waals surface area contributed by atoms with Gasteiger partial charge in [0.1, 0.15) is 5.56 Å². The van der Waals surface area contributed by atoms with Gasteiger partial charge in [0.05, 0.1) is 37.5 Å². The Hall–Kier alpha value is -2.69. The number of rotatable bonds is 6. The van der Waals surface area contributed by atoms with Crippen molar-refractivity contribution in [3.05, 3.63) is 50.6 Å². The first-order valence-electron chi connectivity index (χ1n) is 10.5. The quantitative estimate of drug-likeness (QED) is 0.387. The first-order valence-corrected chi connectivity index (χ1v) is 13.2. The second-order valence-electron chi connectivity index (χ2n) is 8.43. The zero-order valence-electron chi connectivity index (χ0n) is 18.4. The van der Waals surface area contributed by atoms with Crippen LogP contribution in [0.5, 0.6) is 5.75 Å². The number of esters is 1. The minimum absolute atomic E-state index is 0.0127. The van der Waals surface area contributed by atoms with Crippen LogP contribution in [0, 0.1) is 0 Å². The maximum Gasteiger partial charge on any atom is 0.343 e. The molecule has 10 heteroatoms. The molecule has 0 radical (unpaired) electrons. The SMILES string of the molecule is COC(=O)c1cn(C2CC2)c2c(OC)c(-c3cc4c(s3)CC(OS(C)(=O)=O)C4)ccc2c1=O. The van der Waals surface area contributed by atoms with Crippen molar-refractivity contribution in [3.8, 4) is 16.2 Å². The molecule has 2 aromatic heterocycles. The molecule has 3 aromatic rings. The molecular weight excluding hydrogens is 466 g/mol. The fourth-order valence-corrected chi connectivity index (χ4v) is 6.41. The van der Waals surface area contributed by atoms with Crippen molar-refractivity contribution in [2.24, 2.45) is 0 Å². The third-order valence-corrected chi connectivity index (χ3v) is 7.89. The Morgan fingerprint density at radius 1 is 1.18 bits per heavy atom. The Labute approximate surface area is 194 Å². The average Bonchev–Trinajstić information content (AvgIpc) is 3.43. The third kappa shape index (κ3) is 3.96. The molecule has 0 bridgehead atoms. The average molecular weight is 490 g/mol. The van der Waals surface area contributed by atoms with Gasteiger partial charge in [-0.3, -0.25) is 8.98 Å². The van der Waals surface area contributed by atoms with Gasteiger partial charge < -0.3 is 14.0 Å². The van der Waals surface area contributed by atoms with Crippen LogP contribution in [0.2, 0.25) is 0 Å². The number of carbonyl (C=O) groups excluding carboxylic acids is 1. The molecule has 174 valence electrons. The fourth-order valence-electron chi connectivity index (χ4n) is 4.50. The lowest BCUT2D eigenvalue weighted by Gasteiger charge is -2.17. The van der Waals surface area contributed by atoms with Crippen molar-refractivity contribution in [1.82, 2.24) is 4.57 Å². The van der Waals surface area contributed by atoms with Crippen LogP contribution in [0.25, 0.3) is 21.3 Å². The summed E-state index contributed by atoms with van der Waals surface area (Å²) in [5, 5.41) is 0.413. The highest BCUT2D eigenvalue weighted by molar-refractivity contribution is 7.86. The van der Waals surface area contributed by atoms with Crippen LogP contribution in [-0.4, -0.2) is 45.5 Å². The molecule has 0 amide bonds. The molecule has 2 heterocycles. The number of carbonyl (C=O) groups is 1. The molecule has 0 spiro atoms. The van der Waals surface area contributed by atoms with Crippen LogP contribution < -0.4 is 10.2 Å². The van der Waals surface area contributed by atoms with Crippen LogP contribution in [-0.2, 0) is 31.9 Å². The summed E-state index contributed by atoms with van der Waals surface area (Å²) in [7, 11) is -0.666. The van der Waals surface area contributed by atoms with Crippen molar-refractivity contribution in [2.45, 2.75) is 37.8 Å². The highest BCUT2D eigenvalue weighted by Gasteiger charge is 2.31. The molecule has 1 saturated carbocycles. The Bertz CT molecular complexity index is 1420. The maximum absolute atomic E-state index is 13.1. The van der Waals surface area contributed by atoms with E-state index in [0.29, 0.717) is 29.5 Å². The predicted molar refractivity (Wildman–Crippen MR) is 125 cm³/mol. The second kappa shape index (κ2) is 7.96. The molecule has 2 aliphatic carbocycles. The van der Waals surface area contributed by atoms with Crippen LogP contribution in [0.4, 0.5) is 0 Å². The van der Waals surface area contributed by atoms with E-state index in [1.807, 2.05) is 16.7 Å². The lowest BCUT2D eigenvalue weighted by molar-refractivity contribution is 0.0598. The topological polar surface area (TPSA) is 101 Å². The summed E-state index contributed by atoms with van der Waals surface area (Å²) in [6, 6.07) is 5.81. The third-order valence-electron chi connectivity index (χ3n) is 6.03. The number of ether oxygens (including phenoxy) is 2. The first kappa shape index (κ1) is 22.1. The van der Waals surface area contributed by atoms with Gasteiger partial charge in [-0.25, -0.2) is 4.79 Å². The van der Waals surface area contributed by atoms with E-state index in [1.165, 1.54) is 7.11 Å². The van der Waals surface area contributed by atoms with Gasteiger partial charge in [-0.05, 0) is 36.6 Å². The van der Waals surface area contributed by atoms with Gasteiger partial charge in [0.2, 0.25) is 5.43 Å². The number of thiophene rings is 1. The Morgan fingerprint density at radius 2 is 1.94 bits per heavy atom. The van der Waals surface area contributed by atoms with E-state index in [-0.39, 0.29) is 23.1 Å². The van der Waals surface area contributed by atoms with Gasteiger partial charge >= 0.3 is 5.97 Å². The van der Waals surface area contributed by atoms with E-state index < -0.39 is 16.1 Å². The van der Waals surface area contributed by atoms with Crippen LogP contribution in [0.3, 0.4) is 0 Å². The van der Waals surface area contributed by atoms with Gasteiger partial charge in [0.25, 0.3) is 10.1 Å². The number of hydrogen-bond donors (Lipinski definition) is 0. The molecule has 0 aliphatic heterocycles. The Morgan fingerprint density at radius 3 is 2.55 bits per heavy atom. The van der Waals surface area contributed by atoms with Crippen molar-refractivity contribution < 1.29 is 26.9 Å². The molecule has 1 atom stereocenters. The number of hydrogen-bond acceptors (Lipinski definition) is 8. The number of nitrogens with zero attached hydrogens (tertiary/aromatic N) is 1. The number of benzene rings is 1. The highest BCUT2D eigenvalue weighted by atomic mass is 32.2. The normalized spacial score (nSPS) is 17.8. The van der Waals surface area contributed by atoms with Crippen molar-refractivity contribution in [1.29, 1.82) is 0 Å². The van der Waals surface area contributed by atoms with Crippen molar-refractivity contribution in [2.75, 3.05) is 20.5 Å². The molecule has 8 nitrogen and oxygen atoms in total. The number of aromatic nitrogens is 1. The lowest BCUT2D eigenvalue weighted by Crippen LogP contribution is -2.20. The minimum Gasteiger partial charge on any atom is -0.494 e. The zero-order valence-corrected chi connectivity index (χ0v) is 20.0. The maximum atomic E-state index is 13.1. The standard InChI is InChI=1S/C23H23NO7S2/c1-29-22-15(19-9-12-8-14(10-18(12)32-19)31-33(3,27)28)6-7-16-20(22)24(13-4-5-13)11-17(21(16)25)23(26)30-2/h6-7,9,11,13-14H,4-5,8,10H2,1-3H3. The predicted octanol–water partition coefficient (Wildman–Crippen LogP) is 3.30. The molecule has 0 saturated heterocycles. The van der Waals surface area contributed by atoms with E-state index in [0.717, 1.165) is 40.0 Å². The molecular formula is C23H23NO7S2. The summed E-state index contributed by atoms with van der Waals surface area (Å²) in [4.78, 5) is 27.3. The van der Waals surface area contributed by atoms with Crippen LogP contribution in [0.1, 0.15) is 39.7 Å². The summed E-state index contributed by atoms with van der Waals surface area (Å²) in [5.41, 5.74) is 2.21. The van der Waals surface area contributed by atoms with Gasteiger partial charge in [-0.15, -0.1) is 11.3 Å². The van der Waals surface area contributed by atoms with Gasteiger partial charge in [-0.1, -0.05) is 0 Å². The van der Waals surface area contributed by atoms with Crippen LogP contribution >= 0.6 is 11.3 Å². The fraction of sp³-hybridized carbons (Fsp3) is 0.391. The van der Waals surface area contributed by atoms with Crippen LogP contribution in [0.15, 0.2) is 29.2 Å². The van der Waals surface area contributed by atoms with E-state index in [1.54, 1.807) is 30.7 Å². The number of pyridine rings is 1. The monoisotopic (exact) mass is 489 g/mol. The van der Waals surface area contributed by atoms with Gasteiger partial charge in [-0.2, -0.15) is 8.42 Å². The lowest BCUT2D eigenvalue weighted by atomic mass is 10.0. The second-order valence-corrected chi connectivity index (χ2v) is 11.2. The summed E-state index contributed by atoms with van der Waals surface area (Å²) in [5.74, 6) is -0.0725. The molecule has 2 aliphatic rings. The molecule has 33 heavy (non-hydrogen) atoms. The van der Waals surface area contributed by atoms with Crippen molar-refractivity contribution >= 4 is 38.3 Å². The smallest absolute Gasteiger partial charge is 0.343 e. The summed E-state index contributed by atoms with van der Waals surface area (Å²) in [6.45, 7) is 0. The molecule has 1 aromatic carbocycles. The highest BCUT2D eigenvalue weighted by Crippen LogP contribution is 2.45. The Balaban J connectivity index is 1.62.